The van der Waals surface area contributed by atoms with E-state index < -0.39 is 30.5 Å². The first-order valence-corrected chi connectivity index (χ1v) is 4.69. The molecular weight excluding hydrogens is 205 g/mol. The molecule has 2 rings (SSSR count). The molecule has 4 atom stereocenters. The summed E-state index contributed by atoms with van der Waals surface area (Å²) in [5, 5.41) is 3.35. The van der Waals surface area contributed by atoms with Gasteiger partial charge in [0.2, 0.25) is 6.36 Å². The van der Waals surface area contributed by atoms with Gasteiger partial charge in [-0.05, 0) is 19.4 Å². The van der Waals surface area contributed by atoms with Gasteiger partial charge in [-0.3, -0.25) is 0 Å². The lowest BCUT2D eigenvalue weighted by Gasteiger charge is -2.21. The maximum Gasteiger partial charge on any atom is 0.228 e. The predicted molar refractivity (Wildman–Crippen MR) is 47.6 cm³/mol. The van der Waals surface area contributed by atoms with Crippen molar-refractivity contribution in [3.8, 4) is 0 Å². The normalized spacial score (nSPS) is 42.3. The molecule has 0 aromatic carbocycles. The van der Waals surface area contributed by atoms with Gasteiger partial charge < -0.3 is 14.2 Å². The molecule has 2 aliphatic rings. The smallest absolute Gasteiger partial charge is 0.228 e. The van der Waals surface area contributed by atoms with Crippen LogP contribution in [-0.4, -0.2) is 37.0 Å². The lowest BCUT2D eigenvalue weighted by Crippen LogP contribution is -2.31. The summed E-state index contributed by atoms with van der Waals surface area (Å²) in [4.78, 5) is 2.60. The highest BCUT2D eigenvalue weighted by Crippen LogP contribution is 2.39. The quantitative estimate of drug-likeness (QED) is 0.399. The van der Waals surface area contributed by atoms with E-state index in [0.717, 1.165) is 0 Å². The van der Waals surface area contributed by atoms with E-state index in [9.17, 15) is 4.39 Å². The highest BCUT2D eigenvalue weighted by Gasteiger charge is 2.55. The summed E-state index contributed by atoms with van der Waals surface area (Å²) in [5.41, 5.74) is 8.17. The summed E-state index contributed by atoms with van der Waals surface area (Å²) in [6.07, 6.45) is -3.31. The number of hydrogen-bond donors (Lipinski definition) is 0. The Hall–Kier alpha value is -0.880. The van der Waals surface area contributed by atoms with E-state index in [0.29, 0.717) is 0 Å². The van der Waals surface area contributed by atoms with E-state index in [-0.39, 0.29) is 6.54 Å². The SMILES string of the molecule is CC1(C)O[C@@H]2[C@H](O1)[C@@H](CN=[N+]=[N-])O[C@H]2F. The molecule has 0 aliphatic carbocycles. The van der Waals surface area contributed by atoms with Gasteiger partial charge in [0.05, 0.1) is 12.6 Å². The Bertz CT molecular complexity index is 306. The number of alkyl halides is 1. The van der Waals surface area contributed by atoms with Crippen molar-refractivity contribution in [1.82, 2.24) is 0 Å². The minimum Gasteiger partial charge on any atom is -0.342 e. The van der Waals surface area contributed by atoms with E-state index in [1.807, 2.05) is 0 Å². The number of azide groups is 1. The summed E-state index contributed by atoms with van der Waals surface area (Å²) in [6.45, 7) is 3.48. The Morgan fingerprint density at radius 2 is 2.07 bits per heavy atom. The van der Waals surface area contributed by atoms with Gasteiger partial charge in [-0.15, -0.1) is 0 Å². The molecule has 0 aromatic rings. The molecule has 2 saturated heterocycles. The largest absolute Gasteiger partial charge is 0.342 e. The highest BCUT2D eigenvalue weighted by molar-refractivity contribution is 4.95. The van der Waals surface area contributed by atoms with Crippen LogP contribution in [0.25, 0.3) is 10.4 Å². The van der Waals surface area contributed by atoms with Crippen LogP contribution in [0.15, 0.2) is 5.11 Å². The average Bonchev–Trinajstić information content (AvgIpc) is 2.60. The van der Waals surface area contributed by atoms with Crippen molar-refractivity contribution in [2.24, 2.45) is 5.11 Å². The van der Waals surface area contributed by atoms with Crippen LogP contribution in [0.2, 0.25) is 0 Å². The minimum atomic E-state index is -1.52. The van der Waals surface area contributed by atoms with Crippen molar-refractivity contribution < 1.29 is 18.6 Å². The molecule has 2 aliphatic heterocycles. The topological polar surface area (TPSA) is 76.5 Å². The Kier molecular flexibility index (Phi) is 2.56. The van der Waals surface area contributed by atoms with Crippen molar-refractivity contribution in [3.63, 3.8) is 0 Å². The van der Waals surface area contributed by atoms with Crippen LogP contribution in [0.5, 0.6) is 0 Å². The second-order valence-electron chi connectivity index (χ2n) is 4.00. The third-order valence-corrected chi connectivity index (χ3v) is 2.42. The Balaban J connectivity index is 2.08. The molecule has 0 spiro atoms. The molecule has 15 heavy (non-hydrogen) atoms. The van der Waals surface area contributed by atoms with E-state index >= 15 is 0 Å². The van der Waals surface area contributed by atoms with Gasteiger partial charge in [-0.2, -0.15) is 0 Å². The first-order valence-electron chi connectivity index (χ1n) is 4.69. The molecule has 0 bridgehead atoms. The minimum absolute atomic E-state index is 0.0531. The van der Waals surface area contributed by atoms with E-state index in [1.165, 1.54) is 0 Å². The molecule has 2 heterocycles. The van der Waals surface area contributed by atoms with Crippen LogP contribution < -0.4 is 0 Å². The fourth-order valence-corrected chi connectivity index (χ4v) is 1.89. The Morgan fingerprint density at radius 1 is 1.40 bits per heavy atom. The molecule has 0 saturated carbocycles. The van der Waals surface area contributed by atoms with E-state index in [2.05, 4.69) is 10.0 Å². The van der Waals surface area contributed by atoms with Crippen LogP contribution in [0.1, 0.15) is 13.8 Å². The summed E-state index contributed by atoms with van der Waals surface area (Å²) in [6, 6.07) is 0. The molecule has 0 N–H and O–H groups in total. The van der Waals surface area contributed by atoms with Crippen LogP contribution in [0.3, 0.4) is 0 Å². The Morgan fingerprint density at radius 3 is 2.73 bits per heavy atom. The van der Waals surface area contributed by atoms with Crippen LogP contribution in [0, 0.1) is 0 Å². The average molecular weight is 217 g/mol. The van der Waals surface area contributed by atoms with Gasteiger partial charge >= 0.3 is 0 Å². The van der Waals surface area contributed by atoms with E-state index in [1.54, 1.807) is 13.8 Å². The molecule has 0 amide bonds. The monoisotopic (exact) mass is 217 g/mol. The zero-order valence-electron chi connectivity index (χ0n) is 8.46. The number of hydrogen-bond acceptors (Lipinski definition) is 4. The number of nitrogens with zero attached hydrogens (tertiary/aromatic N) is 3. The molecule has 0 radical (unpaired) electrons. The van der Waals surface area contributed by atoms with Crippen molar-refractivity contribution in [1.29, 1.82) is 0 Å². The second-order valence-corrected chi connectivity index (χ2v) is 4.00. The van der Waals surface area contributed by atoms with Crippen LogP contribution >= 0.6 is 0 Å². The number of halogens is 1. The summed E-state index contributed by atoms with van der Waals surface area (Å²) < 4.78 is 29.1. The van der Waals surface area contributed by atoms with Gasteiger partial charge in [0.25, 0.3) is 0 Å². The van der Waals surface area contributed by atoms with E-state index in [4.69, 9.17) is 19.7 Å². The number of ether oxygens (including phenoxy) is 3. The lowest BCUT2D eigenvalue weighted by atomic mass is 10.1. The Labute approximate surface area is 85.9 Å². The first-order chi connectivity index (χ1) is 7.03. The van der Waals surface area contributed by atoms with Crippen LogP contribution in [-0.2, 0) is 14.2 Å². The van der Waals surface area contributed by atoms with Crippen molar-refractivity contribution in [2.45, 2.75) is 44.3 Å². The maximum atomic E-state index is 13.3. The number of rotatable bonds is 2. The summed E-state index contributed by atoms with van der Waals surface area (Å²) >= 11 is 0. The van der Waals surface area contributed by atoms with Crippen molar-refractivity contribution >= 4 is 0 Å². The molecule has 0 aromatic heterocycles. The number of fused-ring (bicyclic) bond motifs is 1. The maximum absolute atomic E-state index is 13.3. The molecule has 6 nitrogen and oxygen atoms in total. The first kappa shape index (κ1) is 10.6. The molecular formula is C8H12FN3O3. The molecule has 2 fully saturated rings. The summed E-state index contributed by atoms with van der Waals surface area (Å²) in [5.74, 6) is -0.807. The molecule has 0 unspecified atom stereocenters. The van der Waals surface area contributed by atoms with Gasteiger partial charge in [-0.1, -0.05) is 5.11 Å². The third-order valence-electron chi connectivity index (χ3n) is 2.42. The lowest BCUT2D eigenvalue weighted by molar-refractivity contribution is -0.202. The van der Waals surface area contributed by atoms with Gasteiger partial charge in [-0.25, -0.2) is 4.39 Å². The predicted octanol–water partition coefficient (Wildman–Crippen LogP) is 1.51. The zero-order chi connectivity index (χ0) is 11.1. The van der Waals surface area contributed by atoms with Gasteiger partial charge in [0.1, 0.15) is 12.2 Å². The fourth-order valence-electron chi connectivity index (χ4n) is 1.89. The van der Waals surface area contributed by atoms with Crippen LogP contribution in [0.4, 0.5) is 4.39 Å². The fraction of sp³-hybridized carbons (Fsp3) is 1.00. The third kappa shape index (κ3) is 1.91. The summed E-state index contributed by atoms with van der Waals surface area (Å²) in [7, 11) is 0. The standard InChI is InChI=1S/C8H12FN3O3/c1-8(2)14-5-4(3-11-12-10)13-7(9)6(5)15-8/h4-7H,3H2,1-2H3/t4-,5-,6-,7-/m1/s1. The van der Waals surface area contributed by atoms with Gasteiger partial charge in [0, 0.05) is 4.91 Å². The second kappa shape index (κ2) is 3.61. The van der Waals surface area contributed by atoms with Crippen molar-refractivity contribution in [2.75, 3.05) is 6.54 Å². The van der Waals surface area contributed by atoms with Gasteiger partial charge in [0.15, 0.2) is 5.79 Å². The highest BCUT2D eigenvalue weighted by atomic mass is 19.1. The zero-order valence-corrected chi connectivity index (χ0v) is 8.46. The van der Waals surface area contributed by atoms with Crippen molar-refractivity contribution in [3.05, 3.63) is 10.4 Å². The molecule has 7 heteroatoms. The molecule has 84 valence electrons.